The van der Waals surface area contributed by atoms with Crippen LogP contribution in [0.2, 0.25) is 0 Å². The lowest BCUT2D eigenvalue weighted by molar-refractivity contribution is -0.192. The zero-order chi connectivity index (χ0) is 25.2. The Morgan fingerprint density at radius 1 is 1.09 bits per heavy atom. The van der Waals surface area contributed by atoms with Gasteiger partial charge in [-0.1, -0.05) is 0 Å². The van der Waals surface area contributed by atoms with Crippen LogP contribution in [-0.2, 0) is 4.79 Å². The average molecular weight is 489 g/mol. The number of anilines is 1. The molecule has 8 nitrogen and oxygen atoms in total. The van der Waals surface area contributed by atoms with Crippen molar-refractivity contribution in [2.24, 2.45) is 5.73 Å². The van der Waals surface area contributed by atoms with E-state index in [0.29, 0.717) is 37.0 Å². The van der Waals surface area contributed by atoms with E-state index in [0.717, 1.165) is 6.07 Å². The maximum atomic E-state index is 14.1. The quantitative estimate of drug-likeness (QED) is 0.420. The van der Waals surface area contributed by atoms with Gasteiger partial charge in [0.05, 0.1) is 0 Å². The maximum absolute atomic E-state index is 14.1. The molecule has 1 saturated heterocycles. The molecule has 0 aliphatic carbocycles. The van der Waals surface area contributed by atoms with Crippen molar-refractivity contribution in [3.8, 4) is 0 Å². The number of aromatic nitrogens is 3. The first-order valence-corrected chi connectivity index (χ1v) is 9.68. The van der Waals surface area contributed by atoms with Crippen LogP contribution in [0.15, 0.2) is 41.3 Å². The number of hydrogen-bond acceptors (Lipinski definition) is 6. The third kappa shape index (κ3) is 5.62. The van der Waals surface area contributed by atoms with Crippen LogP contribution in [-0.4, -0.2) is 51.0 Å². The maximum Gasteiger partial charge on any atom is 0.490 e. The first-order chi connectivity index (χ1) is 15.9. The number of fused-ring (bicyclic) bond motifs is 1. The molecule has 2 atom stereocenters. The van der Waals surface area contributed by atoms with Crippen molar-refractivity contribution in [2.75, 3.05) is 18.0 Å². The summed E-state index contributed by atoms with van der Waals surface area (Å²) < 4.78 is 74.0. The normalized spacial score (nSPS) is 18.4. The largest absolute Gasteiger partial charge is 0.490 e. The molecule has 1 aromatic carbocycles. The van der Waals surface area contributed by atoms with E-state index >= 15 is 0 Å². The highest BCUT2D eigenvalue weighted by Gasteiger charge is 2.38. The number of halogens is 6. The number of benzene rings is 1. The number of nitrogens with zero attached hydrogens (tertiary/aromatic N) is 4. The van der Waals surface area contributed by atoms with Gasteiger partial charge in [0.15, 0.2) is 17.3 Å². The number of nitrogens with two attached hydrogens (primary N) is 1. The van der Waals surface area contributed by atoms with Crippen LogP contribution in [0.25, 0.3) is 5.65 Å². The molecule has 1 aliphatic rings. The lowest BCUT2D eigenvalue weighted by Crippen LogP contribution is -2.48. The molecule has 0 amide bonds. The minimum Gasteiger partial charge on any atom is -0.475 e. The molecule has 14 heteroatoms. The summed E-state index contributed by atoms with van der Waals surface area (Å²) in [6.07, 6.45) is -3.09. The highest BCUT2D eigenvalue weighted by Crippen LogP contribution is 2.32. The Morgan fingerprint density at radius 3 is 2.35 bits per heavy atom. The zero-order valence-corrected chi connectivity index (χ0v) is 17.1. The van der Waals surface area contributed by atoms with E-state index in [4.69, 9.17) is 15.6 Å². The van der Waals surface area contributed by atoms with Crippen molar-refractivity contribution < 1.29 is 36.2 Å². The Kier molecular flexibility index (Phi) is 7.09. The summed E-state index contributed by atoms with van der Waals surface area (Å²) in [6.45, 7) is 0.887. The minimum atomic E-state index is -5.08. The van der Waals surface area contributed by atoms with E-state index in [2.05, 4.69) is 10.1 Å². The van der Waals surface area contributed by atoms with E-state index in [-0.39, 0.29) is 11.1 Å². The van der Waals surface area contributed by atoms with Gasteiger partial charge in [0, 0.05) is 43.4 Å². The number of hydrogen-bond donors (Lipinski definition) is 2. The molecule has 0 bridgehead atoms. The molecule has 0 radical (unpaired) electrons. The molecule has 0 spiro atoms. The van der Waals surface area contributed by atoms with Gasteiger partial charge in [-0.25, -0.2) is 22.5 Å². The standard InChI is InChI=1S/C18H16F3N5O.C2HF3O2/c19-12-8-14(21)13(20)7-11(12)10-3-5-25(9-15(10)22)17-2-1-16-23-18(27)4-6-26(16)24-17;3-2(4,5)1(6)7/h1-2,4,6-8,10,15H,3,5,9,22H2;(H,6,7)/t10-,15+;/m1./s1. The molecule has 3 aromatic rings. The second-order valence-electron chi connectivity index (χ2n) is 7.36. The van der Waals surface area contributed by atoms with Gasteiger partial charge < -0.3 is 15.7 Å². The lowest BCUT2D eigenvalue weighted by atomic mass is 9.85. The second-order valence-corrected chi connectivity index (χ2v) is 7.36. The minimum absolute atomic E-state index is 0.0917. The molecule has 1 fully saturated rings. The van der Waals surface area contributed by atoms with Crippen LogP contribution < -0.4 is 16.2 Å². The number of alkyl halides is 3. The predicted molar refractivity (Wildman–Crippen MR) is 107 cm³/mol. The van der Waals surface area contributed by atoms with Crippen LogP contribution in [0.4, 0.5) is 32.2 Å². The summed E-state index contributed by atoms with van der Waals surface area (Å²) in [5, 5.41) is 11.5. The van der Waals surface area contributed by atoms with Crippen LogP contribution in [0.1, 0.15) is 17.9 Å². The van der Waals surface area contributed by atoms with Gasteiger partial charge in [-0.05, 0) is 30.2 Å². The summed E-state index contributed by atoms with van der Waals surface area (Å²) in [6, 6.07) is 5.68. The SMILES string of the molecule is N[C@H]1CN(c2ccc3nc(=O)ccn3n2)CC[C@@H]1c1cc(F)c(F)cc1F.O=C(O)C(F)(F)F. The second kappa shape index (κ2) is 9.67. The van der Waals surface area contributed by atoms with E-state index in [9.17, 15) is 31.1 Å². The summed E-state index contributed by atoms with van der Waals surface area (Å²) in [7, 11) is 0. The topological polar surface area (TPSA) is 114 Å². The van der Waals surface area contributed by atoms with Crippen LogP contribution in [0.5, 0.6) is 0 Å². The molecular weight excluding hydrogens is 472 g/mol. The third-order valence-electron chi connectivity index (χ3n) is 5.07. The van der Waals surface area contributed by atoms with Crippen LogP contribution in [0, 0.1) is 17.5 Å². The third-order valence-corrected chi connectivity index (χ3v) is 5.07. The first kappa shape index (κ1) is 25.0. The molecule has 2 aromatic heterocycles. The van der Waals surface area contributed by atoms with Crippen LogP contribution >= 0.6 is 0 Å². The van der Waals surface area contributed by atoms with Gasteiger partial charge in [-0.15, -0.1) is 5.10 Å². The van der Waals surface area contributed by atoms with Crippen molar-refractivity contribution >= 4 is 17.4 Å². The molecule has 0 saturated carbocycles. The van der Waals surface area contributed by atoms with Gasteiger partial charge in [-0.2, -0.15) is 18.2 Å². The number of carbonyl (C=O) groups is 1. The first-order valence-electron chi connectivity index (χ1n) is 9.68. The van der Waals surface area contributed by atoms with E-state index in [1.54, 1.807) is 12.1 Å². The number of piperidine rings is 1. The van der Waals surface area contributed by atoms with Crippen molar-refractivity contribution in [2.45, 2.75) is 24.6 Å². The number of rotatable bonds is 2. The highest BCUT2D eigenvalue weighted by atomic mass is 19.4. The smallest absolute Gasteiger partial charge is 0.475 e. The summed E-state index contributed by atoms with van der Waals surface area (Å²) in [4.78, 5) is 26.0. The molecular formula is C20H17F6N5O3. The number of carboxylic acids is 1. The highest BCUT2D eigenvalue weighted by molar-refractivity contribution is 5.73. The Hall–Kier alpha value is -3.68. The molecule has 3 heterocycles. The fraction of sp³-hybridized carbons (Fsp3) is 0.300. The van der Waals surface area contributed by atoms with Gasteiger partial charge in [0.1, 0.15) is 11.6 Å². The Balaban J connectivity index is 0.000000406. The van der Waals surface area contributed by atoms with Crippen molar-refractivity contribution in [3.63, 3.8) is 0 Å². The monoisotopic (exact) mass is 489 g/mol. The molecule has 34 heavy (non-hydrogen) atoms. The Bertz CT molecular complexity index is 1270. The number of carboxylic acid groups (broad SMARTS) is 1. The summed E-state index contributed by atoms with van der Waals surface area (Å²) >= 11 is 0. The molecule has 3 N–H and O–H groups in total. The molecule has 1 aliphatic heterocycles. The van der Waals surface area contributed by atoms with E-state index in [1.807, 2.05) is 4.90 Å². The Labute approximate surface area is 187 Å². The van der Waals surface area contributed by atoms with Crippen molar-refractivity contribution in [1.29, 1.82) is 0 Å². The van der Waals surface area contributed by atoms with Gasteiger partial charge in [-0.3, -0.25) is 4.79 Å². The molecule has 0 unspecified atom stereocenters. The van der Waals surface area contributed by atoms with Gasteiger partial charge in [0.25, 0.3) is 5.56 Å². The van der Waals surface area contributed by atoms with E-state index in [1.165, 1.54) is 16.8 Å². The molecule has 182 valence electrons. The summed E-state index contributed by atoms with van der Waals surface area (Å²) in [5.41, 5.74) is 6.39. The molecule has 4 rings (SSSR count). The van der Waals surface area contributed by atoms with Gasteiger partial charge >= 0.3 is 12.1 Å². The van der Waals surface area contributed by atoms with Crippen molar-refractivity contribution in [3.05, 3.63) is 69.9 Å². The summed E-state index contributed by atoms with van der Waals surface area (Å²) in [5.74, 6) is -5.63. The fourth-order valence-electron chi connectivity index (χ4n) is 3.47. The van der Waals surface area contributed by atoms with E-state index < -0.39 is 41.6 Å². The van der Waals surface area contributed by atoms with Gasteiger partial charge in [0.2, 0.25) is 0 Å². The predicted octanol–water partition coefficient (Wildman–Crippen LogP) is 2.46. The van der Waals surface area contributed by atoms with Crippen LogP contribution in [0.3, 0.4) is 0 Å². The number of aliphatic carboxylic acids is 1. The Morgan fingerprint density at radius 2 is 1.74 bits per heavy atom. The lowest BCUT2D eigenvalue weighted by Gasteiger charge is -2.37. The zero-order valence-electron chi connectivity index (χ0n) is 17.1. The van der Waals surface area contributed by atoms with Crippen molar-refractivity contribution in [1.82, 2.24) is 14.6 Å². The average Bonchev–Trinajstić information content (AvgIpc) is 2.76. The fourth-order valence-corrected chi connectivity index (χ4v) is 3.47.